The summed E-state index contributed by atoms with van der Waals surface area (Å²) in [4.78, 5) is 33.4. The van der Waals surface area contributed by atoms with Gasteiger partial charge in [0.05, 0.1) is 10.9 Å². The first-order valence-corrected chi connectivity index (χ1v) is 7.61. The SMILES string of the molecule is O=C(c1nc2ccccc2c(=O)[nH]1)N1CCCC[C@H]1CCO. The number of piperidine rings is 1. The Morgan fingerprint density at radius 2 is 2.18 bits per heavy atom. The van der Waals surface area contributed by atoms with Gasteiger partial charge in [0.1, 0.15) is 0 Å². The van der Waals surface area contributed by atoms with Crippen LogP contribution in [0.25, 0.3) is 10.9 Å². The second kappa shape index (κ2) is 6.27. The number of nitrogens with zero attached hydrogens (tertiary/aromatic N) is 2. The first-order chi connectivity index (χ1) is 10.7. The maximum Gasteiger partial charge on any atom is 0.290 e. The number of carbonyl (C=O) groups is 1. The Labute approximate surface area is 127 Å². The van der Waals surface area contributed by atoms with Crippen molar-refractivity contribution in [1.29, 1.82) is 0 Å². The molecular formula is C16H19N3O3. The van der Waals surface area contributed by atoms with E-state index < -0.39 is 0 Å². The number of para-hydroxylation sites is 1. The number of hydrogen-bond donors (Lipinski definition) is 2. The number of fused-ring (bicyclic) bond motifs is 1. The Hall–Kier alpha value is -2.21. The van der Waals surface area contributed by atoms with Gasteiger partial charge in [0.15, 0.2) is 5.82 Å². The highest BCUT2D eigenvalue weighted by Crippen LogP contribution is 2.21. The molecule has 0 bridgehead atoms. The van der Waals surface area contributed by atoms with Crippen molar-refractivity contribution in [2.75, 3.05) is 13.2 Å². The first kappa shape index (κ1) is 14.7. The topological polar surface area (TPSA) is 86.3 Å². The normalized spacial score (nSPS) is 18.6. The Morgan fingerprint density at radius 1 is 1.36 bits per heavy atom. The molecule has 0 spiro atoms. The summed E-state index contributed by atoms with van der Waals surface area (Å²) < 4.78 is 0. The molecule has 1 atom stereocenters. The van der Waals surface area contributed by atoms with Crippen LogP contribution in [0.3, 0.4) is 0 Å². The number of likely N-dealkylation sites (tertiary alicyclic amines) is 1. The predicted octanol–water partition coefficient (Wildman–Crippen LogP) is 1.30. The van der Waals surface area contributed by atoms with Crippen molar-refractivity contribution in [1.82, 2.24) is 14.9 Å². The average Bonchev–Trinajstić information content (AvgIpc) is 2.55. The lowest BCUT2D eigenvalue weighted by Gasteiger charge is -2.35. The van der Waals surface area contributed by atoms with E-state index in [1.54, 1.807) is 29.2 Å². The minimum atomic E-state index is -0.301. The number of aromatic amines is 1. The second-order valence-corrected chi connectivity index (χ2v) is 5.59. The molecule has 6 heteroatoms. The van der Waals surface area contributed by atoms with Gasteiger partial charge in [0.2, 0.25) is 0 Å². The molecule has 2 aromatic rings. The van der Waals surface area contributed by atoms with E-state index in [1.165, 1.54) is 0 Å². The number of benzene rings is 1. The molecule has 0 saturated carbocycles. The highest BCUT2D eigenvalue weighted by molar-refractivity contribution is 5.92. The van der Waals surface area contributed by atoms with Crippen LogP contribution < -0.4 is 5.56 Å². The molecule has 0 aliphatic carbocycles. The fourth-order valence-corrected chi connectivity index (χ4v) is 3.04. The molecule has 1 aromatic heterocycles. The molecule has 1 amide bonds. The van der Waals surface area contributed by atoms with Gasteiger partial charge in [-0.15, -0.1) is 0 Å². The zero-order valence-corrected chi connectivity index (χ0v) is 12.3. The van der Waals surface area contributed by atoms with Crippen LogP contribution in [-0.4, -0.2) is 45.1 Å². The van der Waals surface area contributed by atoms with Gasteiger partial charge in [-0.1, -0.05) is 12.1 Å². The summed E-state index contributed by atoms with van der Waals surface area (Å²) in [6, 6.07) is 6.98. The number of H-pyrrole nitrogens is 1. The monoisotopic (exact) mass is 301 g/mol. The zero-order valence-electron chi connectivity index (χ0n) is 12.3. The fourth-order valence-electron chi connectivity index (χ4n) is 3.04. The van der Waals surface area contributed by atoms with Crippen LogP contribution in [-0.2, 0) is 0 Å². The van der Waals surface area contributed by atoms with Crippen molar-refractivity contribution in [3.63, 3.8) is 0 Å². The zero-order chi connectivity index (χ0) is 15.5. The van der Waals surface area contributed by atoms with E-state index in [-0.39, 0.29) is 29.9 Å². The third-order valence-electron chi connectivity index (χ3n) is 4.17. The van der Waals surface area contributed by atoms with E-state index in [9.17, 15) is 9.59 Å². The van der Waals surface area contributed by atoms with Gasteiger partial charge in [-0.3, -0.25) is 9.59 Å². The van der Waals surface area contributed by atoms with E-state index in [0.29, 0.717) is 23.9 Å². The van der Waals surface area contributed by atoms with Gasteiger partial charge >= 0.3 is 0 Å². The number of aromatic nitrogens is 2. The molecule has 1 aliphatic heterocycles. The Balaban J connectivity index is 1.95. The van der Waals surface area contributed by atoms with Crippen LogP contribution in [0.4, 0.5) is 0 Å². The number of aliphatic hydroxyl groups is 1. The Kier molecular flexibility index (Phi) is 4.20. The molecule has 2 N–H and O–H groups in total. The van der Waals surface area contributed by atoms with Gasteiger partial charge in [0, 0.05) is 19.2 Å². The standard InChI is InChI=1S/C16H19N3O3/c20-10-8-11-5-3-4-9-19(11)16(22)14-17-13-7-2-1-6-12(13)15(21)18-14/h1-2,6-7,11,20H,3-5,8-10H2,(H,17,18,21)/t11-/m0/s1. The summed E-state index contributed by atoms with van der Waals surface area (Å²) in [7, 11) is 0. The highest BCUT2D eigenvalue weighted by atomic mass is 16.3. The van der Waals surface area contributed by atoms with E-state index in [4.69, 9.17) is 5.11 Å². The summed E-state index contributed by atoms with van der Waals surface area (Å²) in [6.07, 6.45) is 3.43. The molecule has 22 heavy (non-hydrogen) atoms. The van der Waals surface area contributed by atoms with Crippen LogP contribution in [0.5, 0.6) is 0 Å². The number of hydrogen-bond acceptors (Lipinski definition) is 4. The Bertz CT molecular complexity index is 739. The van der Waals surface area contributed by atoms with Crippen molar-refractivity contribution >= 4 is 16.8 Å². The van der Waals surface area contributed by atoms with Gasteiger partial charge in [-0.05, 0) is 37.8 Å². The van der Waals surface area contributed by atoms with Crippen LogP contribution in [0, 0.1) is 0 Å². The van der Waals surface area contributed by atoms with Gasteiger partial charge in [0.25, 0.3) is 11.5 Å². The molecule has 0 unspecified atom stereocenters. The molecule has 1 fully saturated rings. The van der Waals surface area contributed by atoms with Crippen molar-refractivity contribution in [3.05, 3.63) is 40.4 Å². The van der Waals surface area contributed by atoms with Gasteiger partial charge in [-0.25, -0.2) is 4.98 Å². The lowest BCUT2D eigenvalue weighted by molar-refractivity contribution is 0.0562. The number of rotatable bonds is 3. The summed E-state index contributed by atoms with van der Waals surface area (Å²) in [6.45, 7) is 0.691. The van der Waals surface area contributed by atoms with Crippen molar-refractivity contribution < 1.29 is 9.90 Å². The molecule has 6 nitrogen and oxygen atoms in total. The molecule has 116 valence electrons. The number of aliphatic hydroxyl groups excluding tert-OH is 1. The maximum atomic E-state index is 12.7. The molecule has 1 saturated heterocycles. The van der Waals surface area contributed by atoms with E-state index >= 15 is 0 Å². The van der Waals surface area contributed by atoms with Crippen LogP contribution in [0.2, 0.25) is 0 Å². The predicted molar refractivity (Wildman–Crippen MR) is 82.7 cm³/mol. The van der Waals surface area contributed by atoms with E-state index in [0.717, 1.165) is 19.3 Å². The van der Waals surface area contributed by atoms with E-state index in [1.807, 2.05) is 0 Å². The minimum Gasteiger partial charge on any atom is -0.396 e. The fraction of sp³-hybridized carbons (Fsp3) is 0.438. The third kappa shape index (κ3) is 2.74. The molecule has 2 heterocycles. The largest absolute Gasteiger partial charge is 0.396 e. The second-order valence-electron chi connectivity index (χ2n) is 5.59. The lowest BCUT2D eigenvalue weighted by Crippen LogP contribution is -2.45. The van der Waals surface area contributed by atoms with Gasteiger partial charge < -0.3 is 15.0 Å². The molecular weight excluding hydrogens is 282 g/mol. The quantitative estimate of drug-likeness (QED) is 0.894. The van der Waals surface area contributed by atoms with Crippen LogP contribution in [0.1, 0.15) is 36.3 Å². The molecule has 1 aliphatic rings. The number of carbonyl (C=O) groups excluding carboxylic acids is 1. The van der Waals surface area contributed by atoms with Crippen LogP contribution in [0.15, 0.2) is 29.1 Å². The summed E-state index contributed by atoms with van der Waals surface area (Å²) in [5.41, 5.74) is 0.218. The van der Waals surface area contributed by atoms with Gasteiger partial charge in [-0.2, -0.15) is 0 Å². The Morgan fingerprint density at radius 3 is 3.00 bits per heavy atom. The molecule has 3 rings (SSSR count). The minimum absolute atomic E-state index is 0.0167. The van der Waals surface area contributed by atoms with Crippen molar-refractivity contribution in [3.8, 4) is 0 Å². The number of nitrogens with one attached hydrogen (secondary N) is 1. The maximum absolute atomic E-state index is 12.7. The highest BCUT2D eigenvalue weighted by Gasteiger charge is 2.28. The summed E-state index contributed by atoms with van der Waals surface area (Å²) >= 11 is 0. The lowest BCUT2D eigenvalue weighted by atomic mass is 9.99. The average molecular weight is 301 g/mol. The summed E-state index contributed by atoms with van der Waals surface area (Å²) in [5, 5.41) is 9.64. The first-order valence-electron chi connectivity index (χ1n) is 7.61. The number of amides is 1. The van der Waals surface area contributed by atoms with Crippen LogP contribution >= 0.6 is 0 Å². The summed E-state index contributed by atoms with van der Waals surface area (Å²) in [5.74, 6) is -0.186. The third-order valence-corrected chi connectivity index (χ3v) is 4.17. The van der Waals surface area contributed by atoms with Crippen molar-refractivity contribution in [2.24, 2.45) is 0 Å². The molecule has 1 aromatic carbocycles. The van der Waals surface area contributed by atoms with Crippen molar-refractivity contribution in [2.45, 2.75) is 31.7 Å². The molecule has 0 radical (unpaired) electrons. The smallest absolute Gasteiger partial charge is 0.290 e. The van der Waals surface area contributed by atoms with E-state index in [2.05, 4.69) is 9.97 Å².